The molecule has 4 aromatic rings. The lowest BCUT2D eigenvalue weighted by Crippen LogP contribution is -2.34. The molecule has 0 spiro atoms. The fourth-order valence-corrected chi connectivity index (χ4v) is 4.04. The van der Waals surface area contributed by atoms with Crippen molar-refractivity contribution in [2.45, 2.75) is 20.0 Å². The fraction of sp³-hybridized carbons (Fsp3) is 0.269. The Bertz CT molecular complexity index is 1360. The van der Waals surface area contributed by atoms with Crippen molar-refractivity contribution in [1.82, 2.24) is 19.9 Å². The fourth-order valence-electron chi connectivity index (χ4n) is 4.04. The van der Waals surface area contributed by atoms with Crippen LogP contribution in [-0.4, -0.2) is 57.8 Å². The first kappa shape index (κ1) is 25.1. The van der Waals surface area contributed by atoms with Gasteiger partial charge in [-0.05, 0) is 38.1 Å². The number of hydrogen-bond donors (Lipinski definition) is 4. The largest absolute Gasteiger partial charge is 0.392 e. The third kappa shape index (κ3) is 5.61. The molecule has 0 aliphatic carbocycles. The number of halogens is 1. The van der Waals surface area contributed by atoms with Crippen LogP contribution in [-0.2, 0) is 0 Å². The van der Waals surface area contributed by atoms with Crippen molar-refractivity contribution in [1.29, 1.82) is 0 Å². The van der Waals surface area contributed by atoms with Gasteiger partial charge in [0.25, 0.3) is 5.91 Å². The summed E-state index contributed by atoms with van der Waals surface area (Å²) in [6, 6.07) is 14.9. The molecule has 36 heavy (non-hydrogen) atoms. The summed E-state index contributed by atoms with van der Waals surface area (Å²) in [7, 11) is 0. The Morgan fingerprint density at radius 3 is 2.81 bits per heavy atom. The number of aliphatic hydroxyl groups excluding tert-OH is 1. The van der Waals surface area contributed by atoms with Gasteiger partial charge in [-0.15, -0.1) is 0 Å². The van der Waals surface area contributed by atoms with Crippen molar-refractivity contribution in [3.05, 3.63) is 72.3 Å². The third-order valence-electron chi connectivity index (χ3n) is 5.78. The summed E-state index contributed by atoms with van der Waals surface area (Å²) >= 11 is 0. The van der Waals surface area contributed by atoms with Gasteiger partial charge in [0.1, 0.15) is 0 Å². The Morgan fingerprint density at radius 2 is 2.06 bits per heavy atom. The highest BCUT2D eigenvalue weighted by molar-refractivity contribution is 6.06. The molecular formula is C26H30FN7O2. The lowest BCUT2D eigenvalue weighted by atomic mass is 10.2. The summed E-state index contributed by atoms with van der Waals surface area (Å²) in [6.45, 7) is 6.68. The summed E-state index contributed by atoms with van der Waals surface area (Å²) < 4.78 is 16.3. The Balaban J connectivity index is 1.58. The second-order valence-corrected chi connectivity index (χ2v) is 8.47. The van der Waals surface area contributed by atoms with Gasteiger partial charge in [-0.3, -0.25) is 9.36 Å². The number of nitrogens with zero attached hydrogens (tertiary/aromatic N) is 4. The van der Waals surface area contributed by atoms with Crippen molar-refractivity contribution in [3.63, 3.8) is 0 Å². The average Bonchev–Trinajstić information content (AvgIpc) is 3.25. The normalized spacial score (nSPS) is 12.0. The molecular weight excluding hydrogens is 461 g/mol. The van der Waals surface area contributed by atoms with Crippen LogP contribution in [0.1, 0.15) is 24.2 Å². The van der Waals surface area contributed by atoms with E-state index < -0.39 is 11.7 Å². The van der Waals surface area contributed by atoms with Crippen LogP contribution in [0.2, 0.25) is 0 Å². The number of rotatable bonds is 11. The maximum atomic E-state index is 14.8. The zero-order valence-corrected chi connectivity index (χ0v) is 20.3. The molecule has 0 radical (unpaired) electrons. The van der Waals surface area contributed by atoms with E-state index in [0.29, 0.717) is 17.4 Å². The zero-order valence-electron chi connectivity index (χ0n) is 20.3. The molecule has 5 N–H and O–H groups in total. The van der Waals surface area contributed by atoms with E-state index in [-0.39, 0.29) is 23.4 Å². The number of nitrogens with one attached hydrogen (secondary N) is 2. The van der Waals surface area contributed by atoms with Crippen LogP contribution in [0.3, 0.4) is 0 Å². The number of anilines is 3. The first-order valence-electron chi connectivity index (χ1n) is 11.8. The van der Waals surface area contributed by atoms with Gasteiger partial charge in [0.2, 0.25) is 5.95 Å². The molecule has 188 valence electrons. The molecule has 1 atom stereocenters. The van der Waals surface area contributed by atoms with E-state index in [9.17, 15) is 14.3 Å². The minimum absolute atomic E-state index is 0.00623. The van der Waals surface area contributed by atoms with E-state index >= 15 is 0 Å². The second kappa shape index (κ2) is 11.1. The summed E-state index contributed by atoms with van der Waals surface area (Å²) in [5.74, 6) is -1.01. The molecule has 0 aliphatic rings. The SMILES string of the molecule is CCN(CCNCC(C)O)c1cccc(Nc2ncc(F)c(-n3cc(C(N)=O)c4ccccc43)n2)c1. The van der Waals surface area contributed by atoms with Crippen molar-refractivity contribution >= 4 is 34.1 Å². The monoisotopic (exact) mass is 491 g/mol. The van der Waals surface area contributed by atoms with Crippen LogP contribution < -0.4 is 21.3 Å². The number of carbonyl (C=O) groups excluding carboxylic acids is 1. The number of aliphatic hydroxyl groups is 1. The van der Waals surface area contributed by atoms with E-state index in [4.69, 9.17) is 5.73 Å². The highest BCUT2D eigenvalue weighted by Gasteiger charge is 2.17. The number of nitrogens with two attached hydrogens (primary N) is 1. The molecule has 0 bridgehead atoms. The van der Waals surface area contributed by atoms with Crippen LogP contribution >= 0.6 is 0 Å². The molecule has 0 saturated heterocycles. The number of carbonyl (C=O) groups is 1. The number of likely N-dealkylation sites (N-methyl/N-ethyl adjacent to an activating group) is 1. The van der Waals surface area contributed by atoms with E-state index in [1.807, 2.05) is 24.3 Å². The number of benzene rings is 2. The van der Waals surface area contributed by atoms with E-state index in [1.54, 1.807) is 31.2 Å². The first-order valence-corrected chi connectivity index (χ1v) is 11.8. The lowest BCUT2D eigenvalue weighted by molar-refractivity contribution is 0.100. The molecule has 1 amide bonds. The molecule has 9 nitrogen and oxygen atoms in total. The van der Waals surface area contributed by atoms with Gasteiger partial charge in [0, 0.05) is 49.1 Å². The van der Waals surface area contributed by atoms with E-state index in [2.05, 4.69) is 32.4 Å². The van der Waals surface area contributed by atoms with Gasteiger partial charge in [-0.1, -0.05) is 24.3 Å². The molecule has 0 fully saturated rings. The highest BCUT2D eigenvalue weighted by atomic mass is 19.1. The van der Waals surface area contributed by atoms with E-state index in [0.717, 1.165) is 37.2 Å². The zero-order chi connectivity index (χ0) is 25.7. The van der Waals surface area contributed by atoms with Gasteiger partial charge in [0.15, 0.2) is 11.6 Å². The van der Waals surface area contributed by atoms with Crippen LogP contribution in [0, 0.1) is 5.82 Å². The van der Waals surface area contributed by atoms with Crippen LogP contribution in [0.25, 0.3) is 16.7 Å². The number of aromatic nitrogens is 3. The maximum Gasteiger partial charge on any atom is 0.250 e. The predicted octanol–water partition coefficient (Wildman–Crippen LogP) is 3.20. The van der Waals surface area contributed by atoms with Crippen molar-refractivity contribution in [3.8, 4) is 5.82 Å². The number of fused-ring (bicyclic) bond motifs is 1. The van der Waals surface area contributed by atoms with Crippen molar-refractivity contribution in [2.24, 2.45) is 5.73 Å². The number of hydrogen-bond acceptors (Lipinski definition) is 7. The summed E-state index contributed by atoms with van der Waals surface area (Å²) in [6.07, 6.45) is 2.20. The summed E-state index contributed by atoms with van der Waals surface area (Å²) in [5.41, 5.74) is 8.18. The van der Waals surface area contributed by atoms with Gasteiger partial charge in [0.05, 0.1) is 23.4 Å². The van der Waals surface area contributed by atoms with Crippen LogP contribution in [0.5, 0.6) is 0 Å². The lowest BCUT2D eigenvalue weighted by Gasteiger charge is -2.24. The van der Waals surface area contributed by atoms with Gasteiger partial charge in [-0.25, -0.2) is 9.37 Å². The minimum atomic E-state index is -0.632. The number of para-hydroxylation sites is 1. The summed E-state index contributed by atoms with van der Waals surface area (Å²) in [4.78, 5) is 22.6. The maximum absolute atomic E-state index is 14.8. The Hall–Kier alpha value is -4.02. The predicted molar refractivity (Wildman–Crippen MR) is 140 cm³/mol. The third-order valence-corrected chi connectivity index (χ3v) is 5.78. The quantitative estimate of drug-likeness (QED) is 0.238. The van der Waals surface area contributed by atoms with E-state index in [1.165, 1.54) is 10.8 Å². The molecule has 0 saturated carbocycles. The molecule has 2 aromatic heterocycles. The highest BCUT2D eigenvalue weighted by Crippen LogP contribution is 2.26. The molecule has 2 heterocycles. The molecule has 0 aliphatic heterocycles. The molecule has 4 rings (SSSR count). The van der Waals surface area contributed by atoms with Crippen molar-refractivity contribution in [2.75, 3.05) is 36.4 Å². The number of amides is 1. The summed E-state index contributed by atoms with van der Waals surface area (Å²) in [5, 5.41) is 16.4. The second-order valence-electron chi connectivity index (χ2n) is 8.47. The Morgan fingerprint density at radius 1 is 1.25 bits per heavy atom. The molecule has 2 aromatic carbocycles. The van der Waals surface area contributed by atoms with Gasteiger partial charge in [-0.2, -0.15) is 4.98 Å². The Labute approximate surface area is 208 Å². The standard InChI is InChI=1S/C26H30FN7O2/c1-3-33(12-11-29-14-17(2)35)19-8-6-7-18(13-19)31-26-30-15-22(27)25(32-26)34-16-21(24(28)36)20-9-4-5-10-23(20)34/h4-10,13,15-17,29,35H,3,11-12,14H2,1-2H3,(H2,28,36)(H,30,31,32). The molecule has 10 heteroatoms. The van der Waals surface area contributed by atoms with Crippen LogP contribution in [0.4, 0.5) is 21.7 Å². The Kier molecular flexibility index (Phi) is 7.77. The van der Waals surface area contributed by atoms with Crippen LogP contribution in [0.15, 0.2) is 60.9 Å². The number of primary amides is 1. The molecule has 1 unspecified atom stereocenters. The topological polar surface area (TPSA) is 121 Å². The average molecular weight is 492 g/mol. The minimum Gasteiger partial charge on any atom is -0.392 e. The first-order chi connectivity index (χ1) is 17.4. The van der Waals surface area contributed by atoms with Crippen molar-refractivity contribution < 1.29 is 14.3 Å². The van der Waals surface area contributed by atoms with Gasteiger partial charge >= 0.3 is 0 Å². The smallest absolute Gasteiger partial charge is 0.250 e. The van der Waals surface area contributed by atoms with Gasteiger partial charge < -0.3 is 26.4 Å².